The van der Waals surface area contributed by atoms with Crippen molar-refractivity contribution in [3.8, 4) is 17.2 Å². The van der Waals surface area contributed by atoms with Crippen molar-refractivity contribution in [2.24, 2.45) is 4.99 Å². The summed E-state index contributed by atoms with van der Waals surface area (Å²) < 4.78 is 103. The van der Waals surface area contributed by atoms with Crippen LogP contribution in [0.3, 0.4) is 0 Å². The Morgan fingerprint density at radius 3 is 2.17 bits per heavy atom. The zero-order chi connectivity index (χ0) is 29.5. The number of amidine groups is 1. The van der Waals surface area contributed by atoms with Gasteiger partial charge in [-0.05, 0) is 36.2 Å². The summed E-state index contributed by atoms with van der Waals surface area (Å²) >= 11 is 0. The highest BCUT2D eigenvalue weighted by atomic mass is 19.4. The summed E-state index contributed by atoms with van der Waals surface area (Å²) in [5, 5.41) is 2.38. The second-order valence-corrected chi connectivity index (χ2v) is 8.60. The Morgan fingerprint density at radius 1 is 0.900 bits per heavy atom. The van der Waals surface area contributed by atoms with Crippen LogP contribution in [0.5, 0.6) is 17.2 Å². The molecule has 0 radical (unpaired) electrons. The topological polar surface area (TPSA) is 107 Å². The number of fused-ring (bicyclic) bond motifs is 1. The van der Waals surface area contributed by atoms with Gasteiger partial charge in [-0.15, -0.1) is 0 Å². The summed E-state index contributed by atoms with van der Waals surface area (Å²) in [4.78, 5) is 30.2. The third kappa shape index (κ3) is 4.75. The fourth-order valence-corrected chi connectivity index (χ4v) is 4.37. The number of hydrogen-bond donors (Lipinski definition) is 2. The molecule has 0 spiro atoms. The summed E-state index contributed by atoms with van der Waals surface area (Å²) in [6, 6.07) is 9.78. The van der Waals surface area contributed by atoms with E-state index in [-0.39, 0.29) is 17.7 Å². The second kappa shape index (κ2) is 10.3. The van der Waals surface area contributed by atoms with Crippen LogP contribution in [-0.4, -0.2) is 49.1 Å². The Bertz CT molecular complexity index is 1560. The summed E-state index contributed by atoms with van der Waals surface area (Å²) in [5.41, 5.74) is -9.57. The van der Waals surface area contributed by atoms with Gasteiger partial charge >= 0.3 is 18.0 Å². The molecule has 0 saturated carbocycles. The van der Waals surface area contributed by atoms with Gasteiger partial charge in [0.2, 0.25) is 0 Å². The largest absolute Gasteiger partial charge is 0.497 e. The maximum atomic E-state index is 14.5. The van der Waals surface area contributed by atoms with E-state index in [4.69, 9.17) is 14.2 Å². The molecule has 1 aromatic heterocycles. The first kappa shape index (κ1) is 28.6. The number of nitrogens with one attached hydrogen (secondary N) is 2. The number of aliphatic imine (C=N–C) groups is 1. The molecular formula is C25H22F6N4O5. The van der Waals surface area contributed by atoms with Crippen LogP contribution in [0.4, 0.5) is 32.2 Å². The van der Waals surface area contributed by atoms with Crippen LogP contribution in [0.25, 0.3) is 0 Å². The van der Waals surface area contributed by atoms with Gasteiger partial charge in [0.1, 0.15) is 23.0 Å². The molecule has 3 aromatic rings. The van der Waals surface area contributed by atoms with Crippen LogP contribution in [0.2, 0.25) is 0 Å². The third-order valence-electron chi connectivity index (χ3n) is 6.31. The van der Waals surface area contributed by atoms with Crippen molar-refractivity contribution in [1.82, 2.24) is 9.55 Å². The second-order valence-electron chi connectivity index (χ2n) is 8.60. The van der Waals surface area contributed by atoms with E-state index in [1.54, 1.807) is 17.1 Å². The molecule has 1 aliphatic rings. The van der Waals surface area contributed by atoms with Gasteiger partial charge in [0.25, 0.3) is 11.1 Å². The molecule has 4 rings (SSSR count). The van der Waals surface area contributed by atoms with Crippen molar-refractivity contribution < 1.29 is 40.6 Å². The van der Waals surface area contributed by atoms with Gasteiger partial charge in [-0.25, -0.2) is 9.79 Å². The molecule has 0 bridgehead atoms. The zero-order valence-electron chi connectivity index (χ0n) is 21.2. The first-order valence-electron chi connectivity index (χ1n) is 11.5. The van der Waals surface area contributed by atoms with Crippen LogP contribution in [0, 0.1) is 0 Å². The normalized spacial score (nSPS) is 14.6. The van der Waals surface area contributed by atoms with Crippen LogP contribution < -0.4 is 30.8 Å². The molecule has 0 fully saturated rings. The minimum absolute atomic E-state index is 0.0445. The van der Waals surface area contributed by atoms with Crippen molar-refractivity contribution in [2.75, 3.05) is 26.6 Å². The summed E-state index contributed by atoms with van der Waals surface area (Å²) in [6.45, 7) is -0.419. The number of ether oxygens (including phenoxy) is 3. The number of benzene rings is 2. The lowest BCUT2D eigenvalue weighted by atomic mass is 9.87. The average molecular weight is 572 g/mol. The number of aromatic amines is 1. The molecule has 0 saturated heterocycles. The van der Waals surface area contributed by atoms with Crippen LogP contribution >= 0.6 is 0 Å². The van der Waals surface area contributed by atoms with Crippen molar-refractivity contribution in [1.29, 1.82) is 0 Å². The Labute approximate surface area is 222 Å². The molecular weight excluding hydrogens is 550 g/mol. The summed E-state index contributed by atoms with van der Waals surface area (Å²) in [7, 11) is 4.04. The monoisotopic (exact) mass is 572 g/mol. The van der Waals surface area contributed by atoms with Gasteiger partial charge in [-0.1, -0.05) is 18.2 Å². The van der Waals surface area contributed by atoms with E-state index in [0.717, 1.165) is 6.07 Å². The first-order chi connectivity index (χ1) is 18.8. The number of aryl methyl sites for hydroxylation is 1. The number of anilines is 1. The molecule has 214 valence electrons. The molecule has 2 heterocycles. The molecule has 15 heteroatoms. The van der Waals surface area contributed by atoms with Crippen molar-refractivity contribution in [3.63, 3.8) is 0 Å². The Kier molecular flexibility index (Phi) is 7.34. The van der Waals surface area contributed by atoms with Crippen molar-refractivity contribution in [3.05, 3.63) is 80.0 Å². The number of H-pyrrole nitrogens is 1. The van der Waals surface area contributed by atoms with Crippen LogP contribution in [0.15, 0.2) is 57.0 Å². The summed E-state index contributed by atoms with van der Waals surface area (Å²) in [5.74, 6) is -1.04. The Morgan fingerprint density at radius 2 is 1.57 bits per heavy atom. The van der Waals surface area contributed by atoms with E-state index in [0.29, 0.717) is 21.6 Å². The maximum absolute atomic E-state index is 14.5. The van der Waals surface area contributed by atoms with Gasteiger partial charge < -0.3 is 19.5 Å². The number of halogens is 6. The molecule has 2 aromatic carbocycles. The number of methoxy groups -OCH3 is 3. The number of rotatable bonds is 7. The maximum Gasteiger partial charge on any atom is 0.427 e. The zero-order valence-corrected chi connectivity index (χ0v) is 21.2. The van der Waals surface area contributed by atoms with E-state index in [9.17, 15) is 35.9 Å². The molecule has 2 N–H and O–H groups in total. The average Bonchev–Trinajstić information content (AvgIpc) is 2.90. The quantitative estimate of drug-likeness (QED) is 0.415. The summed E-state index contributed by atoms with van der Waals surface area (Å²) in [6.07, 6.45) is -12.3. The van der Waals surface area contributed by atoms with Gasteiger partial charge in [-0.3, -0.25) is 14.3 Å². The van der Waals surface area contributed by atoms with Gasteiger partial charge in [0, 0.05) is 12.1 Å². The van der Waals surface area contributed by atoms with E-state index in [2.05, 4.69) is 10.3 Å². The SMILES string of the molecule is COc1cccc(C2=NC(C(F)(F)F)(C(F)(F)F)c3c(n(CCc4ccc(OC)c(OC)c4)c(=O)[nH]c3=O)N2)c1. The smallest absolute Gasteiger partial charge is 0.427 e. The molecule has 40 heavy (non-hydrogen) atoms. The standard InChI is InChI=1S/C25H22F6N4O5/c1-38-15-6-4-5-14(12-15)19-32-20-18(23(34-19,24(26,27)28)25(29,30)31)21(36)33-22(37)35(20)10-9-13-7-8-16(39-2)17(11-13)40-3/h4-8,11-12H,9-10H2,1-3H3,(H,32,34)(H,33,36,37). The first-order valence-corrected chi connectivity index (χ1v) is 11.5. The molecule has 0 atom stereocenters. The third-order valence-corrected chi connectivity index (χ3v) is 6.31. The van der Waals surface area contributed by atoms with E-state index < -0.39 is 52.9 Å². The van der Waals surface area contributed by atoms with Crippen LogP contribution in [0.1, 0.15) is 16.7 Å². The molecule has 9 nitrogen and oxygen atoms in total. The fourth-order valence-electron chi connectivity index (χ4n) is 4.37. The lowest BCUT2D eigenvalue weighted by Crippen LogP contribution is -2.59. The lowest BCUT2D eigenvalue weighted by molar-refractivity contribution is -0.301. The van der Waals surface area contributed by atoms with Crippen molar-refractivity contribution >= 4 is 11.7 Å². The van der Waals surface area contributed by atoms with Crippen LogP contribution in [-0.2, 0) is 18.5 Å². The molecule has 0 amide bonds. The molecule has 0 unspecified atom stereocenters. The van der Waals surface area contributed by atoms with Gasteiger partial charge in [0.15, 0.2) is 11.5 Å². The van der Waals surface area contributed by atoms with Gasteiger partial charge in [-0.2, -0.15) is 26.3 Å². The number of alkyl halides is 6. The predicted molar refractivity (Wildman–Crippen MR) is 132 cm³/mol. The minimum atomic E-state index is -6.12. The highest BCUT2D eigenvalue weighted by molar-refractivity contribution is 6.10. The Balaban J connectivity index is 1.95. The molecule has 0 aliphatic carbocycles. The highest BCUT2D eigenvalue weighted by Gasteiger charge is 2.75. The van der Waals surface area contributed by atoms with E-state index >= 15 is 0 Å². The number of aromatic nitrogens is 2. The lowest BCUT2D eigenvalue weighted by Gasteiger charge is -2.38. The molecule has 1 aliphatic heterocycles. The fraction of sp³-hybridized carbons (Fsp3) is 0.320. The number of hydrogen-bond acceptors (Lipinski definition) is 7. The highest BCUT2D eigenvalue weighted by Crippen LogP contribution is 2.55. The Hall–Kier alpha value is -4.43. The van der Waals surface area contributed by atoms with E-state index in [1.807, 2.05) is 0 Å². The predicted octanol–water partition coefficient (Wildman–Crippen LogP) is 4.00. The minimum Gasteiger partial charge on any atom is -0.497 e. The van der Waals surface area contributed by atoms with Gasteiger partial charge in [0.05, 0.1) is 21.3 Å². The number of nitrogens with zero attached hydrogens (tertiary/aromatic N) is 2. The van der Waals surface area contributed by atoms with E-state index in [1.165, 1.54) is 45.6 Å². The van der Waals surface area contributed by atoms with Crippen molar-refractivity contribution in [2.45, 2.75) is 30.9 Å².